The second-order valence-corrected chi connectivity index (χ2v) is 8.89. The van der Waals surface area contributed by atoms with Crippen LogP contribution in [0.5, 0.6) is 5.75 Å². The Labute approximate surface area is 187 Å². The van der Waals surface area contributed by atoms with Crippen LogP contribution in [0.2, 0.25) is 0 Å². The number of nitrogens with one attached hydrogen (secondary N) is 2. The van der Waals surface area contributed by atoms with E-state index in [1.807, 2.05) is 18.2 Å². The number of benzene rings is 2. The molecule has 0 fully saturated rings. The molecule has 0 radical (unpaired) electrons. The van der Waals surface area contributed by atoms with Crippen molar-refractivity contribution in [3.8, 4) is 5.75 Å². The smallest absolute Gasteiger partial charge is 0.145 e. The van der Waals surface area contributed by atoms with E-state index in [-0.39, 0.29) is 12.2 Å². The third kappa shape index (κ3) is 4.14. The third-order valence-electron chi connectivity index (χ3n) is 5.85. The molecule has 0 atom stereocenters. The van der Waals surface area contributed by atoms with E-state index in [1.165, 1.54) is 16.5 Å². The number of fused-ring (bicyclic) bond motifs is 2. The number of ether oxygens (including phenoxy) is 1. The fourth-order valence-corrected chi connectivity index (χ4v) is 4.41. The van der Waals surface area contributed by atoms with Crippen molar-refractivity contribution >= 4 is 28.0 Å². The summed E-state index contributed by atoms with van der Waals surface area (Å²) in [5.74, 6) is 0.876. The van der Waals surface area contributed by atoms with Crippen molar-refractivity contribution in [1.82, 2.24) is 9.97 Å². The van der Waals surface area contributed by atoms with E-state index in [4.69, 9.17) is 4.74 Å². The van der Waals surface area contributed by atoms with Gasteiger partial charge in [0.05, 0.1) is 24.5 Å². The summed E-state index contributed by atoms with van der Waals surface area (Å²) >= 11 is 0. The predicted octanol–water partition coefficient (Wildman–Crippen LogP) is 5.02. The van der Waals surface area contributed by atoms with Gasteiger partial charge in [0.15, 0.2) is 0 Å². The lowest BCUT2D eigenvalue weighted by Gasteiger charge is -2.41. The van der Waals surface area contributed by atoms with Gasteiger partial charge in [-0.15, -0.1) is 0 Å². The lowest BCUT2D eigenvalue weighted by atomic mass is 10.0. The Kier molecular flexibility index (Phi) is 5.23. The Morgan fingerprint density at radius 1 is 1.12 bits per heavy atom. The molecule has 0 saturated heterocycles. The van der Waals surface area contributed by atoms with Crippen LogP contribution in [0.4, 0.5) is 17.1 Å². The van der Waals surface area contributed by atoms with Gasteiger partial charge in [-0.3, -0.25) is 4.98 Å². The van der Waals surface area contributed by atoms with Gasteiger partial charge < -0.3 is 25.0 Å². The number of aromatic nitrogens is 2. The van der Waals surface area contributed by atoms with E-state index in [9.17, 15) is 5.11 Å². The minimum atomic E-state index is -0.285. The number of pyridine rings is 1. The molecule has 1 aliphatic heterocycles. The first-order valence-corrected chi connectivity index (χ1v) is 11.0. The highest BCUT2D eigenvalue weighted by Gasteiger charge is 2.31. The van der Waals surface area contributed by atoms with Crippen LogP contribution in [0.1, 0.15) is 25.1 Å². The quantitative estimate of drug-likeness (QED) is 0.402. The number of rotatable bonds is 6. The minimum Gasteiger partial charge on any atom is -0.484 e. The number of nitrogens with zero attached hydrogens (tertiary/aromatic N) is 2. The Hall–Kier alpha value is -3.51. The van der Waals surface area contributed by atoms with Crippen LogP contribution >= 0.6 is 0 Å². The minimum absolute atomic E-state index is 0.0810. The van der Waals surface area contributed by atoms with Crippen LogP contribution in [-0.2, 0) is 13.0 Å². The zero-order valence-electron chi connectivity index (χ0n) is 18.4. The van der Waals surface area contributed by atoms with Crippen molar-refractivity contribution in [1.29, 1.82) is 0 Å². The Balaban J connectivity index is 1.37. The van der Waals surface area contributed by atoms with Crippen molar-refractivity contribution in [3.63, 3.8) is 0 Å². The summed E-state index contributed by atoms with van der Waals surface area (Å²) < 4.78 is 6.34. The topological polar surface area (TPSA) is 73.4 Å². The zero-order chi connectivity index (χ0) is 22.1. The molecule has 3 N–H and O–H groups in total. The highest BCUT2D eigenvalue weighted by atomic mass is 16.5. The number of para-hydroxylation sites is 1. The lowest BCUT2D eigenvalue weighted by Crippen LogP contribution is -2.47. The molecule has 3 heterocycles. The number of hydrogen-bond acceptors (Lipinski definition) is 5. The Morgan fingerprint density at radius 3 is 2.84 bits per heavy atom. The number of anilines is 3. The van der Waals surface area contributed by atoms with Crippen molar-refractivity contribution in [2.24, 2.45) is 0 Å². The normalized spacial score (nSPS) is 14.8. The van der Waals surface area contributed by atoms with Gasteiger partial charge in [-0.05, 0) is 56.2 Å². The summed E-state index contributed by atoms with van der Waals surface area (Å²) in [5.41, 5.74) is 5.80. The van der Waals surface area contributed by atoms with Gasteiger partial charge in [-0.1, -0.05) is 18.2 Å². The molecule has 0 unspecified atom stereocenters. The van der Waals surface area contributed by atoms with Gasteiger partial charge in [0.2, 0.25) is 0 Å². The van der Waals surface area contributed by atoms with Gasteiger partial charge in [0, 0.05) is 47.3 Å². The largest absolute Gasteiger partial charge is 0.484 e. The maximum absolute atomic E-state index is 9.33. The summed E-state index contributed by atoms with van der Waals surface area (Å²) in [6.07, 6.45) is 4.78. The average Bonchev–Trinajstić information content (AvgIpc) is 3.20. The van der Waals surface area contributed by atoms with E-state index < -0.39 is 0 Å². The number of H-pyrrole nitrogens is 1. The summed E-state index contributed by atoms with van der Waals surface area (Å²) in [6.45, 7) is 5.93. The Morgan fingerprint density at radius 2 is 1.97 bits per heavy atom. The number of aliphatic hydroxyl groups excluding tert-OH is 1. The summed E-state index contributed by atoms with van der Waals surface area (Å²) in [6, 6.07) is 18.4. The maximum atomic E-state index is 9.33. The molecule has 1 aliphatic rings. The molecule has 4 aromatic rings. The summed E-state index contributed by atoms with van der Waals surface area (Å²) in [4.78, 5) is 9.93. The van der Waals surface area contributed by atoms with E-state index in [0.717, 1.165) is 42.3 Å². The molecule has 6 heteroatoms. The van der Waals surface area contributed by atoms with E-state index >= 15 is 0 Å². The van der Waals surface area contributed by atoms with Crippen LogP contribution in [-0.4, -0.2) is 33.8 Å². The van der Waals surface area contributed by atoms with E-state index in [1.54, 1.807) is 6.20 Å². The molecule has 0 amide bonds. The van der Waals surface area contributed by atoms with Crippen molar-refractivity contribution < 1.29 is 9.84 Å². The monoisotopic (exact) mass is 428 g/mol. The van der Waals surface area contributed by atoms with Gasteiger partial charge in [0.1, 0.15) is 11.4 Å². The van der Waals surface area contributed by atoms with Gasteiger partial charge in [-0.2, -0.15) is 0 Å². The van der Waals surface area contributed by atoms with Crippen LogP contribution in [0.15, 0.2) is 67.0 Å². The van der Waals surface area contributed by atoms with Gasteiger partial charge in [0.25, 0.3) is 0 Å². The lowest BCUT2D eigenvalue weighted by molar-refractivity contribution is 0.105. The second-order valence-electron chi connectivity index (χ2n) is 8.89. The molecule has 0 aliphatic carbocycles. The first kappa shape index (κ1) is 20.4. The molecule has 2 aromatic heterocycles. The van der Waals surface area contributed by atoms with Gasteiger partial charge in [-0.25, -0.2) is 0 Å². The molecular formula is C26H28N4O2. The molecular weight excluding hydrogens is 400 g/mol. The molecule has 0 spiro atoms. The fourth-order valence-electron chi connectivity index (χ4n) is 4.41. The molecule has 32 heavy (non-hydrogen) atoms. The van der Waals surface area contributed by atoms with Crippen molar-refractivity contribution in [3.05, 3.63) is 78.2 Å². The highest BCUT2D eigenvalue weighted by molar-refractivity contribution is 5.83. The Bertz CT molecular complexity index is 1250. The zero-order valence-corrected chi connectivity index (χ0v) is 18.4. The van der Waals surface area contributed by atoms with Gasteiger partial charge >= 0.3 is 0 Å². The van der Waals surface area contributed by atoms with E-state index in [0.29, 0.717) is 5.69 Å². The molecule has 0 saturated carbocycles. The SMILES string of the molecule is CC1(C)CN(CCc2c[nH]c3ccccc23)c2ccc(Nc3ccnc(CO)c3)cc2O1. The molecule has 164 valence electrons. The first-order valence-electron chi connectivity index (χ1n) is 11.0. The molecule has 2 aromatic carbocycles. The highest BCUT2D eigenvalue weighted by Crippen LogP contribution is 2.39. The number of hydrogen-bond donors (Lipinski definition) is 3. The standard InChI is InChI=1S/C26H28N4O2/c1-26(2)17-30(12-10-18-15-28-23-6-4-3-5-22(18)23)24-8-7-19(14-25(24)32-26)29-20-9-11-27-21(13-20)16-31/h3-9,11,13-15,28,31H,10,12,16-17H2,1-2H3,(H,27,29). The fraction of sp³-hybridized carbons (Fsp3) is 0.269. The van der Waals surface area contributed by atoms with Crippen LogP contribution in [0.25, 0.3) is 10.9 Å². The molecule has 5 rings (SSSR count). The number of aromatic amines is 1. The second kappa shape index (κ2) is 8.20. The van der Waals surface area contributed by atoms with Crippen molar-refractivity contribution in [2.45, 2.75) is 32.5 Å². The average molecular weight is 429 g/mol. The predicted molar refractivity (Wildman–Crippen MR) is 129 cm³/mol. The number of aliphatic hydroxyl groups is 1. The van der Waals surface area contributed by atoms with Crippen molar-refractivity contribution in [2.75, 3.05) is 23.3 Å². The van der Waals surface area contributed by atoms with Crippen LogP contribution in [0.3, 0.4) is 0 Å². The van der Waals surface area contributed by atoms with Crippen LogP contribution in [0, 0.1) is 0 Å². The van der Waals surface area contributed by atoms with E-state index in [2.05, 4.69) is 76.6 Å². The third-order valence-corrected chi connectivity index (χ3v) is 5.85. The van der Waals surface area contributed by atoms with Crippen LogP contribution < -0.4 is 15.0 Å². The maximum Gasteiger partial charge on any atom is 0.145 e. The summed E-state index contributed by atoms with van der Waals surface area (Å²) in [7, 11) is 0. The molecule has 0 bridgehead atoms. The first-order chi connectivity index (χ1) is 15.5. The summed E-state index contributed by atoms with van der Waals surface area (Å²) in [5, 5.41) is 14.0. The molecule has 6 nitrogen and oxygen atoms in total.